The Bertz CT molecular complexity index is 627. The van der Waals surface area contributed by atoms with Gasteiger partial charge in [0.05, 0.1) is 12.2 Å². The summed E-state index contributed by atoms with van der Waals surface area (Å²) in [6.45, 7) is 2.92. The van der Waals surface area contributed by atoms with Crippen LogP contribution in [0, 0.1) is 0 Å². The Hall–Kier alpha value is -2.40. The van der Waals surface area contributed by atoms with Crippen LogP contribution in [0.1, 0.15) is 22.8 Å². The predicted octanol–water partition coefficient (Wildman–Crippen LogP) is 2.84. The molecule has 0 spiro atoms. The van der Waals surface area contributed by atoms with E-state index in [4.69, 9.17) is 4.74 Å². The summed E-state index contributed by atoms with van der Waals surface area (Å²) in [5, 5.41) is 3.34. The smallest absolute Gasteiger partial charge is 0.339 e. The summed E-state index contributed by atoms with van der Waals surface area (Å²) in [5.74, 6) is 0.412. The number of hydrogen-bond donors (Lipinski definition) is 1. The lowest BCUT2D eigenvalue weighted by Gasteiger charge is -2.25. The van der Waals surface area contributed by atoms with E-state index in [2.05, 4.69) is 53.6 Å². The van der Waals surface area contributed by atoms with E-state index in [0.717, 1.165) is 18.8 Å². The van der Waals surface area contributed by atoms with Crippen LogP contribution in [-0.4, -0.2) is 49.1 Å². The molecule has 1 N–H and O–H groups in total. The minimum Gasteiger partial charge on any atom is -0.462 e. The van der Waals surface area contributed by atoms with Gasteiger partial charge in [-0.25, -0.2) is 9.78 Å². The van der Waals surface area contributed by atoms with Gasteiger partial charge in [0.2, 0.25) is 0 Å². The summed E-state index contributed by atoms with van der Waals surface area (Å²) in [7, 11) is 4.15. The van der Waals surface area contributed by atoms with E-state index in [1.165, 1.54) is 5.56 Å². The molecule has 1 aromatic heterocycles. The highest BCUT2D eigenvalue weighted by Crippen LogP contribution is 2.10. The summed E-state index contributed by atoms with van der Waals surface area (Å²) < 4.78 is 4.96. The average molecular weight is 327 g/mol. The maximum absolute atomic E-state index is 11.6. The highest BCUT2D eigenvalue weighted by molar-refractivity contribution is 5.89. The van der Waals surface area contributed by atoms with Crippen LogP contribution in [0.5, 0.6) is 0 Å². The fraction of sp³-hybridized carbons (Fsp3) is 0.368. The fourth-order valence-corrected chi connectivity index (χ4v) is 2.38. The highest BCUT2D eigenvalue weighted by Gasteiger charge is 2.13. The molecular formula is C19H25N3O2. The van der Waals surface area contributed by atoms with Crippen LogP contribution in [-0.2, 0) is 11.2 Å². The van der Waals surface area contributed by atoms with Crippen molar-refractivity contribution in [1.82, 2.24) is 9.88 Å². The lowest BCUT2D eigenvalue weighted by molar-refractivity contribution is 0.0526. The standard InChI is InChI=1S/C19H25N3O2/c1-4-24-19(23)16-10-11-18(20-13-16)21-14-17(22(2)3)12-15-8-6-5-7-9-15/h5-11,13,17H,4,12,14H2,1-3H3,(H,20,21). The van der Waals surface area contributed by atoms with Crippen LogP contribution in [0.2, 0.25) is 0 Å². The summed E-state index contributed by atoms with van der Waals surface area (Å²) >= 11 is 0. The van der Waals surface area contributed by atoms with Gasteiger partial charge >= 0.3 is 5.97 Å². The second-order valence-electron chi connectivity index (χ2n) is 5.84. The van der Waals surface area contributed by atoms with Gasteiger partial charge in [0.1, 0.15) is 5.82 Å². The van der Waals surface area contributed by atoms with E-state index in [-0.39, 0.29) is 5.97 Å². The van der Waals surface area contributed by atoms with Crippen LogP contribution in [0.3, 0.4) is 0 Å². The third kappa shape index (κ3) is 5.35. The first-order valence-corrected chi connectivity index (χ1v) is 8.17. The molecule has 2 rings (SSSR count). The molecule has 1 unspecified atom stereocenters. The van der Waals surface area contributed by atoms with Gasteiger partial charge in [-0.2, -0.15) is 0 Å². The molecule has 0 radical (unpaired) electrons. The number of hydrogen-bond acceptors (Lipinski definition) is 5. The third-order valence-corrected chi connectivity index (χ3v) is 3.84. The molecule has 0 bridgehead atoms. The molecule has 128 valence electrons. The maximum atomic E-state index is 11.6. The predicted molar refractivity (Wildman–Crippen MR) is 96.3 cm³/mol. The summed E-state index contributed by atoms with van der Waals surface area (Å²) in [6.07, 6.45) is 2.50. The Morgan fingerprint density at radius 3 is 2.54 bits per heavy atom. The van der Waals surface area contributed by atoms with E-state index in [1.807, 2.05) is 12.1 Å². The largest absolute Gasteiger partial charge is 0.462 e. The lowest BCUT2D eigenvalue weighted by atomic mass is 10.1. The molecule has 0 amide bonds. The number of pyridine rings is 1. The Kier molecular flexibility index (Phi) is 6.75. The topological polar surface area (TPSA) is 54.5 Å². The molecule has 2 aromatic rings. The van der Waals surface area contributed by atoms with Crippen molar-refractivity contribution in [3.8, 4) is 0 Å². The molecule has 24 heavy (non-hydrogen) atoms. The first-order chi connectivity index (χ1) is 11.6. The molecule has 1 heterocycles. The molecule has 1 aromatic carbocycles. The minimum atomic E-state index is -0.341. The van der Waals surface area contributed by atoms with Crippen molar-refractivity contribution in [2.24, 2.45) is 0 Å². The van der Waals surface area contributed by atoms with Gasteiger partial charge in [-0.05, 0) is 45.1 Å². The molecule has 0 saturated heterocycles. The average Bonchev–Trinajstić information content (AvgIpc) is 2.60. The van der Waals surface area contributed by atoms with Crippen molar-refractivity contribution in [2.45, 2.75) is 19.4 Å². The van der Waals surface area contributed by atoms with Gasteiger partial charge in [0, 0.05) is 18.8 Å². The number of likely N-dealkylation sites (N-methyl/N-ethyl adjacent to an activating group) is 1. The molecule has 0 aliphatic rings. The number of rotatable bonds is 8. The van der Waals surface area contributed by atoms with Gasteiger partial charge in [0.25, 0.3) is 0 Å². The van der Waals surface area contributed by atoms with Gasteiger partial charge in [-0.1, -0.05) is 30.3 Å². The second kappa shape index (κ2) is 9.03. The quantitative estimate of drug-likeness (QED) is 0.756. The highest BCUT2D eigenvalue weighted by atomic mass is 16.5. The Morgan fingerprint density at radius 2 is 1.96 bits per heavy atom. The number of benzene rings is 1. The van der Waals surface area contributed by atoms with E-state index in [1.54, 1.807) is 19.2 Å². The van der Waals surface area contributed by atoms with Crippen molar-refractivity contribution in [3.05, 3.63) is 59.8 Å². The molecule has 0 aliphatic carbocycles. The van der Waals surface area contributed by atoms with Gasteiger partial charge < -0.3 is 15.0 Å². The molecular weight excluding hydrogens is 302 g/mol. The number of carbonyl (C=O) groups is 1. The van der Waals surface area contributed by atoms with Crippen molar-refractivity contribution in [1.29, 1.82) is 0 Å². The number of ether oxygens (including phenoxy) is 1. The lowest BCUT2D eigenvalue weighted by Crippen LogP contribution is -2.36. The van der Waals surface area contributed by atoms with E-state index in [9.17, 15) is 4.79 Å². The van der Waals surface area contributed by atoms with Gasteiger partial charge in [0.15, 0.2) is 0 Å². The number of anilines is 1. The van der Waals surface area contributed by atoms with Gasteiger partial charge in [-0.3, -0.25) is 0 Å². The normalized spacial score (nSPS) is 12.0. The molecule has 5 nitrogen and oxygen atoms in total. The van der Waals surface area contributed by atoms with E-state index >= 15 is 0 Å². The Morgan fingerprint density at radius 1 is 1.21 bits per heavy atom. The molecule has 5 heteroatoms. The van der Waals surface area contributed by atoms with Crippen molar-refractivity contribution in [2.75, 3.05) is 32.6 Å². The molecule has 0 fully saturated rings. The van der Waals surface area contributed by atoms with Crippen LogP contribution >= 0.6 is 0 Å². The summed E-state index contributed by atoms with van der Waals surface area (Å²) in [5.41, 5.74) is 1.78. The Labute approximate surface area is 143 Å². The van der Waals surface area contributed by atoms with Crippen LogP contribution in [0.4, 0.5) is 5.82 Å². The molecule has 0 saturated carbocycles. The van der Waals surface area contributed by atoms with Gasteiger partial charge in [-0.15, -0.1) is 0 Å². The van der Waals surface area contributed by atoms with Crippen molar-refractivity contribution < 1.29 is 9.53 Å². The second-order valence-corrected chi connectivity index (χ2v) is 5.84. The number of nitrogens with zero attached hydrogens (tertiary/aromatic N) is 2. The monoisotopic (exact) mass is 327 g/mol. The minimum absolute atomic E-state index is 0.341. The van der Waals surface area contributed by atoms with E-state index in [0.29, 0.717) is 18.2 Å². The first kappa shape index (κ1) is 17.9. The fourth-order valence-electron chi connectivity index (χ4n) is 2.38. The molecule has 1 atom stereocenters. The van der Waals surface area contributed by atoms with Crippen LogP contribution < -0.4 is 5.32 Å². The SMILES string of the molecule is CCOC(=O)c1ccc(NCC(Cc2ccccc2)N(C)C)nc1. The zero-order valence-corrected chi connectivity index (χ0v) is 14.5. The zero-order valence-electron chi connectivity index (χ0n) is 14.5. The Balaban J connectivity index is 1.93. The van der Waals surface area contributed by atoms with Crippen molar-refractivity contribution in [3.63, 3.8) is 0 Å². The van der Waals surface area contributed by atoms with Crippen molar-refractivity contribution >= 4 is 11.8 Å². The third-order valence-electron chi connectivity index (χ3n) is 3.84. The van der Waals surface area contributed by atoms with Crippen LogP contribution in [0.25, 0.3) is 0 Å². The summed E-state index contributed by atoms with van der Waals surface area (Å²) in [6, 6.07) is 14.3. The maximum Gasteiger partial charge on any atom is 0.339 e. The molecule has 0 aliphatic heterocycles. The summed E-state index contributed by atoms with van der Waals surface area (Å²) in [4.78, 5) is 18.1. The van der Waals surface area contributed by atoms with Crippen LogP contribution in [0.15, 0.2) is 48.7 Å². The van der Waals surface area contributed by atoms with E-state index < -0.39 is 0 Å². The number of aromatic nitrogens is 1. The zero-order chi connectivity index (χ0) is 17.4. The number of carbonyl (C=O) groups excluding carboxylic acids is 1. The first-order valence-electron chi connectivity index (χ1n) is 8.17. The number of esters is 1. The number of nitrogens with one attached hydrogen (secondary N) is 1.